The number of pyridine rings is 1. The van der Waals surface area contributed by atoms with Crippen LogP contribution in [0.15, 0.2) is 54.7 Å². The first-order chi connectivity index (χ1) is 9.33. The molecule has 0 aliphatic rings. The molecule has 0 aliphatic heterocycles. The minimum absolute atomic E-state index is 0.00625. The Kier molecular flexibility index (Phi) is 4.67. The number of carbonyl (C=O) groups excluding carboxylic acids is 1. The average Bonchev–Trinajstić information content (AvgIpc) is 2.47. The van der Waals surface area contributed by atoms with E-state index in [2.05, 4.69) is 10.3 Å². The number of aromatic nitrogens is 1. The Morgan fingerprint density at radius 1 is 1.16 bits per heavy atom. The number of nitrogens with zero attached hydrogens (tertiary/aromatic N) is 1. The zero-order chi connectivity index (χ0) is 13.5. The maximum atomic E-state index is 12.4. The number of carbonyl (C=O) groups is 1. The minimum Gasteiger partial charge on any atom is -0.355 e. The van der Waals surface area contributed by atoms with Crippen molar-refractivity contribution in [3.8, 4) is 0 Å². The van der Waals surface area contributed by atoms with Crippen LogP contribution in [0.4, 0.5) is 0 Å². The van der Waals surface area contributed by atoms with Crippen LogP contribution in [0.3, 0.4) is 0 Å². The molecule has 1 heterocycles. The first-order valence-corrected chi connectivity index (χ1v) is 6.56. The van der Waals surface area contributed by atoms with Crippen LogP contribution >= 0.6 is 0 Å². The first-order valence-electron chi connectivity index (χ1n) is 6.56. The molecule has 0 aliphatic carbocycles. The van der Waals surface area contributed by atoms with Crippen LogP contribution in [0.5, 0.6) is 0 Å². The van der Waals surface area contributed by atoms with Crippen molar-refractivity contribution in [2.24, 2.45) is 0 Å². The molecule has 19 heavy (non-hydrogen) atoms. The second-order valence-electron chi connectivity index (χ2n) is 4.39. The molecule has 0 fully saturated rings. The Morgan fingerprint density at radius 3 is 2.53 bits per heavy atom. The molecule has 0 radical (unpaired) electrons. The van der Waals surface area contributed by atoms with Gasteiger partial charge in [0.15, 0.2) is 0 Å². The molecule has 3 nitrogen and oxygen atoms in total. The van der Waals surface area contributed by atoms with Crippen LogP contribution in [-0.2, 0) is 4.79 Å². The quantitative estimate of drug-likeness (QED) is 0.891. The van der Waals surface area contributed by atoms with Gasteiger partial charge in [0.05, 0.1) is 5.69 Å². The van der Waals surface area contributed by atoms with E-state index in [4.69, 9.17) is 0 Å². The summed E-state index contributed by atoms with van der Waals surface area (Å²) in [6, 6.07) is 15.4. The Labute approximate surface area is 113 Å². The highest BCUT2D eigenvalue weighted by atomic mass is 16.1. The first kappa shape index (κ1) is 13.3. The summed E-state index contributed by atoms with van der Waals surface area (Å²) in [7, 11) is 0. The number of hydrogen-bond donors (Lipinski definition) is 1. The molecule has 2 rings (SSSR count). The lowest BCUT2D eigenvalue weighted by Gasteiger charge is -2.16. The van der Waals surface area contributed by atoms with Crippen LogP contribution < -0.4 is 5.32 Å². The topological polar surface area (TPSA) is 42.0 Å². The molecule has 0 saturated heterocycles. The molecule has 1 amide bonds. The second kappa shape index (κ2) is 6.69. The fourth-order valence-electron chi connectivity index (χ4n) is 2.00. The van der Waals surface area contributed by atoms with Crippen molar-refractivity contribution >= 4 is 5.91 Å². The van der Waals surface area contributed by atoms with E-state index in [-0.39, 0.29) is 11.8 Å². The second-order valence-corrected chi connectivity index (χ2v) is 4.39. The van der Waals surface area contributed by atoms with E-state index in [0.717, 1.165) is 17.7 Å². The molecule has 1 unspecified atom stereocenters. The van der Waals surface area contributed by atoms with Crippen molar-refractivity contribution in [1.82, 2.24) is 10.3 Å². The van der Waals surface area contributed by atoms with Crippen molar-refractivity contribution in [2.75, 3.05) is 6.54 Å². The molecule has 1 aromatic heterocycles. The largest absolute Gasteiger partial charge is 0.355 e. The van der Waals surface area contributed by atoms with Gasteiger partial charge in [-0.2, -0.15) is 0 Å². The molecule has 0 saturated carbocycles. The summed E-state index contributed by atoms with van der Waals surface area (Å²) in [5.41, 5.74) is 1.75. The van der Waals surface area contributed by atoms with Gasteiger partial charge in [0.25, 0.3) is 0 Å². The highest BCUT2D eigenvalue weighted by Crippen LogP contribution is 2.22. The molecular weight excluding hydrogens is 236 g/mol. The average molecular weight is 254 g/mol. The third kappa shape index (κ3) is 3.41. The van der Waals surface area contributed by atoms with Gasteiger partial charge >= 0.3 is 0 Å². The predicted octanol–water partition coefficient (Wildman–Crippen LogP) is 2.74. The Hall–Kier alpha value is -2.16. The van der Waals surface area contributed by atoms with Gasteiger partial charge in [0.2, 0.25) is 5.91 Å². The van der Waals surface area contributed by atoms with Gasteiger partial charge in [0, 0.05) is 12.7 Å². The van der Waals surface area contributed by atoms with Crippen molar-refractivity contribution in [3.63, 3.8) is 0 Å². The van der Waals surface area contributed by atoms with Gasteiger partial charge in [-0.15, -0.1) is 0 Å². The van der Waals surface area contributed by atoms with Gasteiger partial charge in [-0.25, -0.2) is 0 Å². The third-order valence-corrected chi connectivity index (χ3v) is 2.93. The number of nitrogens with one attached hydrogen (secondary N) is 1. The lowest BCUT2D eigenvalue weighted by atomic mass is 9.94. The fraction of sp³-hybridized carbons (Fsp3) is 0.250. The minimum atomic E-state index is -0.339. The summed E-state index contributed by atoms with van der Waals surface area (Å²) in [5, 5.41) is 2.95. The van der Waals surface area contributed by atoms with Gasteiger partial charge < -0.3 is 5.32 Å². The van der Waals surface area contributed by atoms with Crippen molar-refractivity contribution in [2.45, 2.75) is 19.3 Å². The van der Waals surface area contributed by atoms with Crippen molar-refractivity contribution < 1.29 is 4.79 Å². The zero-order valence-corrected chi connectivity index (χ0v) is 11.0. The number of benzene rings is 1. The van der Waals surface area contributed by atoms with E-state index in [0.29, 0.717) is 6.54 Å². The third-order valence-electron chi connectivity index (χ3n) is 2.93. The monoisotopic (exact) mass is 254 g/mol. The summed E-state index contributed by atoms with van der Waals surface area (Å²) in [6.45, 7) is 2.73. The summed E-state index contributed by atoms with van der Waals surface area (Å²) in [6.07, 6.45) is 2.65. The molecule has 1 aromatic carbocycles. The number of rotatable bonds is 5. The van der Waals surface area contributed by atoms with Gasteiger partial charge in [0.1, 0.15) is 5.92 Å². The molecule has 2 aromatic rings. The van der Waals surface area contributed by atoms with E-state index < -0.39 is 0 Å². The van der Waals surface area contributed by atoms with Crippen LogP contribution in [-0.4, -0.2) is 17.4 Å². The van der Waals surface area contributed by atoms with E-state index >= 15 is 0 Å². The Morgan fingerprint density at radius 2 is 1.89 bits per heavy atom. The van der Waals surface area contributed by atoms with Crippen molar-refractivity contribution in [1.29, 1.82) is 0 Å². The van der Waals surface area contributed by atoms with E-state index in [9.17, 15) is 4.79 Å². The van der Waals surface area contributed by atoms with Crippen LogP contribution in [0.2, 0.25) is 0 Å². The maximum absolute atomic E-state index is 12.4. The Bertz CT molecular complexity index is 471. The smallest absolute Gasteiger partial charge is 0.233 e. The maximum Gasteiger partial charge on any atom is 0.233 e. The fourth-order valence-corrected chi connectivity index (χ4v) is 2.00. The SMILES string of the molecule is CCCNC(=O)C(c1ccccc1)c1ccccn1. The lowest BCUT2D eigenvalue weighted by molar-refractivity contribution is -0.121. The molecule has 98 valence electrons. The standard InChI is InChI=1S/C16H18N2O/c1-2-11-18-16(19)15(13-8-4-3-5-9-13)14-10-6-7-12-17-14/h3-10,12,15H,2,11H2,1H3,(H,18,19). The predicted molar refractivity (Wildman–Crippen MR) is 75.8 cm³/mol. The summed E-state index contributed by atoms with van der Waals surface area (Å²) >= 11 is 0. The summed E-state index contributed by atoms with van der Waals surface area (Å²) < 4.78 is 0. The molecule has 1 atom stereocenters. The molecule has 0 bridgehead atoms. The molecule has 0 spiro atoms. The van der Waals surface area contributed by atoms with E-state index in [1.54, 1.807) is 6.20 Å². The number of amides is 1. The van der Waals surface area contributed by atoms with Crippen LogP contribution in [0, 0.1) is 0 Å². The molecule has 3 heteroatoms. The number of hydrogen-bond acceptors (Lipinski definition) is 2. The lowest BCUT2D eigenvalue weighted by Crippen LogP contribution is -2.31. The van der Waals surface area contributed by atoms with Crippen molar-refractivity contribution in [3.05, 3.63) is 66.0 Å². The summed E-state index contributed by atoms with van der Waals surface area (Å²) in [4.78, 5) is 16.7. The normalized spacial score (nSPS) is 11.8. The van der Waals surface area contributed by atoms with Gasteiger partial charge in [-0.3, -0.25) is 9.78 Å². The van der Waals surface area contributed by atoms with Crippen LogP contribution in [0.25, 0.3) is 0 Å². The zero-order valence-electron chi connectivity index (χ0n) is 11.0. The van der Waals surface area contributed by atoms with Gasteiger partial charge in [-0.05, 0) is 24.1 Å². The van der Waals surface area contributed by atoms with Crippen LogP contribution in [0.1, 0.15) is 30.5 Å². The summed E-state index contributed by atoms with van der Waals surface area (Å²) in [5.74, 6) is -0.333. The van der Waals surface area contributed by atoms with E-state index in [1.807, 2.05) is 55.5 Å². The molecule has 1 N–H and O–H groups in total. The highest BCUT2D eigenvalue weighted by molar-refractivity contribution is 5.86. The van der Waals surface area contributed by atoms with Gasteiger partial charge in [-0.1, -0.05) is 43.3 Å². The molecular formula is C16H18N2O. The Balaban J connectivity index is 2.31. The van der Waals surface area contributed by atoms with E-state index in [1.165, 1.54) is 0 Å². The highest BCUT2D eigenvalue weighted by Gasteiger charge is 2.23.